The first-order valence-corrected chi connectivity index (χ1v) is 5.76. The van der Waals surface area contributed by atoms with E-state index in [1.165, 1.54) is 12.1 Å². The lowest BCUT2D eigenvalue weighted by molar-refractivity contribution is -0.147. The molecule has 0 atom stereocenters. The maximum atomic E-state index is 11.5. The molecule has 0 bridgehead atoms. The molecule has 1 N–H and O–H groups in total. The second kappa shape index (κ2) is 7.32. The van der Waals surface area contributed by atoms with E-state index in [1.54, 1.807) is 12.1 Å². The van der Waals surface area contributed by atoms with Crippen LogP contribution in [0.1, 0.15) is 30.1 Å². The fourth-order valence-corrected chi connectivity index (χ4v) is 1.22. The van der Waals surface area contributed by atoms with Crippen LogP contribution in [0.2, 0.25) is 0 Å². The van der Waals surface area contributed by atoms with Crippen LogP contribution in [-0.4, -0.2) is 30.3 Å². The summed E-state index contributed by atoms with van der Waals surface area (Å²) >= 11 is 0. The van der Waals surface area contributed by atoms with Gasteiger partial charge in [0.15, 0.2) is 6.61 Å². The molecule has 0 saturated heterocycles. The smallest absolute Gasteiger partial charge is 0.344 e. The third kappa shape index (κ3) is 4.45. The first-order valence-electron chi connectivity index (χ1n) is 5.76. The van der Waals surface area contributed by atoms with Gasteiger partial charge in [-0.2, -0.15) is 0 Å². The number of rotatable bonds is 6. The SMILES string of the molecule is CCCCOC(=O)COC(=O)c1ccccc1O. The van der Waals surface area contributed by atoms with Crippen LogP contribution in [0, 0.1) is 0 Å². The van der Waals surface area contributed by atoms with Gasteiger partial charge in [0.2, 0.25) is 0 Å². The Labute approximate surface area is 105 Å². The summed E-state index contributed by atoms with van der Waals surface area (Å²) in [5.41, 5.74) is 0.0267. The summed E-state index contributed by atoms with van der Waals surface area (Å²) < 4.78 is 9.55. The molecule has 5 heteroatoms. The highest BCUT2D eigenvalue weighted by atomic mass is 16.6. The fraction of sp³-hybridized carbons (Fsp3) is 0.385. The van der Waals surface area contributed by atoms with Gasteiger partial charge in [-0.05, 0) is 18.6 Å². The Kier molecular flexibility index (Phi) is 5.70. The molecule has 0 saturated carbocycles. The Hall–Kier alpha value is -2.04. The molecule has 0 heterocycles. The van der Waals surface area contributed by atoms with Crippen LogP contribution in [0.15, 0.2) is 24.3 Å². The summed E-state index contributed by atoms with van der Waals surface area (Å²) in [4.78, 5) is 22.7. The van der Waals surface area contributed by atoms with E-state index >= 15 is 0 Å². The number of hydrogen-bond donors (Lipinski definition) is 1. The van der Waals surface area contributed by atoms with Gasteiger partial charge >= 0.3 is 11.9 Å². The normalized spacial score (nSPS) is 9.83. The zero-order valence-electron chi connectivity index (χ0n) is 10.2. The van der Waals surface area contributed by atoms with E-state index in [2.05, 4.69) is 0 Å². The zero-order chi connectivity index (χ0) is 13.4. The lowest BCUT2D eigenvalue weighted by Gasteiger charge is -2.06. The predicted molar refractivity (Wildman–Crippen MR) is 64.3 cm³/mol. The van der Waals surface area contributed by atoms with Crippen molar-refractivity contribution >= 4 is 11.9 Å². The summed E-state index contributed by atoms with van der Waals surface area (Å²) in [5.74, 6) is -1.52. The van der Waals surface area contributed by atoms with E-state index in [0.717, 1.165) is 12.8 Å². The van der Waals surface area contributed by atoms with Crippen LogP contribution in [0.25, 0.3) is 0 Å². The number of carbonyl (C=O) groups excluding carboxylic acids is 2. The van der Waals surface area contributed by atoms with E-state index < -0.39 is 18.5 Å². The summed E-state index contributed by atoms with van der Waals surface area (Å²) in [6.45, 7) is 1.85. The number of aromatic hydroxyl groups is 1. The van der Waals surface area contributed by atoms with Crippen LogP contribution < -0.4 is 0 Å². The van der Waals surface area contributed by atoms with Crippen molar-refractivity contribution in [2.45, 2.75) is 19.8 Å². The molecule has 0 aliphatic rings. The van der Waals surface area contributed by atoms with Crippen LogP contribution >= 0.6 is 0 Å². The molecule has 0 unspecified atom stereocenters. The molecule has 1 aromatic rings. The van der Waals surface area contributed by atoms with E-state index in [0.29, 0.717) is 6.61 Å². The molecular formula is C13H16O5. The number of ether oxygens (including phenoxy) is 2. The van der Waals surface area contributed by atoms with Crippen LogP contribution in [0.3, 0.4) is 0 Å². The second-order valence-electron chi connectivity index (χ2n) is 3.67. The number of benzene rings is 1. The van der Waals surface area contributed by atoms with Crippen LogP contribution in [-0.2, 0) is 14.3 Å². The minimum absolute atomic E-state index is 0.0267. The summed E-state index contributed by atoms with van der Waals surface area (Å²) in [5, 5.41) is 9.40. The van der Waals surface area contributed by atoms with Crippen molar-refractivity contribution in [1.29, 1.82) is 0 Å². The quantitative estimate of drug-likeness (QED) is 0.618. The maximum absolute atomic E-state index is 11.5. The second-order valence-corrected chi connectivity index (χ2v) is 3.67. The Morgan fingerprint density at radius 2 is 1.94 bits per heavy atom. The van der Waals surface area contributed by atoms with Crippen molar-refractivity contribution in [2.75, 3.05) is 13.2 Å². The zero-order valence-corrected chi connectivity index (χ0v) is 10.2. The average Bonchev–Trinajstić information content (AvgIpc) is 2.37. The number of carbonyl (C=O) groups is 2. The van der Waals surface area contributed by atoms with Gasteiger partial charge < -0.3 is 14.6 Å². The highest BCUT2D eigenvalue weighted by Crippen LogP contribution is 2.16. The Balaban J connectivity index is 2.38. The molecule has 0 radical (unpaired) electrons. The lowest BCUT2D eigenvalue weighted by atomic mass is 10.2. The van der Waals surface area contributed by atoms with Gasteiger partial charge in [-0.25, -0.2) is 9.59 Å². The Morgan fingerprint density at radius 1 is 1.22 bits per heavy atom. The van der Waals surface area contributed by atoms with Crippen molar-refractivity contribution in [3.05, 3.63) is 29.8 Å². The van der Waals surface area contributed by atoms with Gasteiger partial charge in [-0.3, -0.25) is 0 Å². The number of para-hydroxylation sites is 1. The highest BCUT2D eigenvalue weighted by Gasteiger charge is 2.13. The molecule has 1 aromatic carbocycles. The molecule has 18 heavy (non-hydrogen) atoms. The molecule has 5 nitrogen and oxygen atoms in total. The van der Waals surface area contributed by atoms with Gasteiger partial charge in [0.05, 0.1) is 6.61 Å². The topological polar surface area (TPSA) is 72.8 Å². The number of esters is 2. The first-order chi connectivity index (χ1) is 8.65. The molecule has 0 amide bonds. The van der Waals surface area contributed by atoms with Gasteiger partial charge in [0.1, 0.15) is 11.3 Å². The number of hydrogen-bond acceptors (Lipinski definition) is 5. The molecule has 0 aromatic heterocycles. The number of unbranched alkanes of at least 4 members (excludes halogenated alkanes) is 1. The maximum Gasteiger partial charge on any atom is 0.344 e. The summed E-state index contributed by atoms with van der Waals surface area (Å²) in [7, 11) is 0. The third-order valence-electron chi connectivity index (χ3n) is 2.21. The van der Waals surface area contributed by atoms with Crippen molar-refractivity contribution < 1.29 is 24.2 Å². The fourth-order valence-electron chi connectivity index (χ4n) is 1.22. The lowest BCUT2D eigenvalue weighted by Crippen LogP contribution is -2.17. The van der Waals surface area contributed by atoms with Gasteiger partial charge in [0, 0.05) is 0 Å². The van der Waals surface area contributed by atoms with Gasteiger partial charge in [-0.1, -0.05) is 25.5 Å². The third-order valence-corrected chi connectivity index (χ3v) is 2.21. The molecule has 0 fully saturated rings. The summed E-state index contributed by atoms with van der Waals surface area (Å²) in [6, 6.07) is 5.97. The molecule has 0 spiro atoms. The van der Waals surface area contributed by atoms with Gasteiger partial charge in [-0.15, -0.1) is 0 Å². The largest absolute Gasteiger partial charge is 0.507 e. The first kappa shape index (κ1) is 14.0. The Bertz CT molecular complexity index is 414. The standard InChI is InChI=1S/C13H16O5/c1-2-3-8-17-12(15)9-18-13(16)10-6-4-5-7-11(10)14/h4-7,14H,2-3,8-9H2,1H3. The van der Waals surface area contributed by atoms with Crippen LogP contribution in [0.5, 0.6) is 5.75 Å². The monoisotopic (exact) mass is 252 g/mol. The van der Waals surface area contributed by atoms with E-state index in [-0.39, 0.29) is 11.3 Å². The average molecular weight is 252 g/mol. The van der Waals surface area contributed by atoms with Crippen LogP contribution in [0.4, 0.5) is 0 Å². The van der Waals surface area contributed by atoms with Crippen molar-refractivity contribution in [3.8, 4) is 5.75 Å². The minimum atomic E-state index is -0.749. The number of phenolic OH excluding ortho intramolecular Hbond substituents is 1. The van der Waals surface area contributed by atoms with E-state index in [4.69, 9.17) is 9.47 Å². The summed E-state index contributed by atoms with van der Waals surface area (Å²) in [6.07, 6.45) is 1.70. The molecule has 98 valence electrons. The Morgan fingerprint density at radius 3 is 2.61 bits per heavy atom. The van der Waals surface area contributed by atoms with Crippen molar-refractivity contribution in [2.24, 2.45) is 0 Å². The number of phenols is 1. The van der Waals surface area contributed by atoms with Crippen molar-refractivity contribution in [1.82, 2.24) is 0 Å². The van der Waals surface area contributed by atoms with Crippen molar-refractivity contribution in [3.63, 3.8) is 0 Å². The molecular weight excluding hydrogens is 236 g/mol. The molecule has 0 aliphatic heterocycles. The van der Waals surface area contributed by atoms with E-state index in [1.807, 2.05) is 6.92 Å². The molecule has 0 aliphatic carbocycles. The minimum Gasteiger partial charge on any atom is -0.507 e. The van der Waals surface area contributed by atoms with E-state index in [9.17, 15) is 14.7 Å². The highest BCUT2D eigenvalue weighted by molar-refractivity contribution is 5.93. The predicted octanol–water partition coefficient (Wildman–Crippen LogP) is 1.89. The van der Waals surface area contributed by atoms with Gasteiger partial charge in [0.25, 0.3) is 0 Å². The molecule has 1 rings (SSSR count).